The molecule has 3 heteroatoms. The number of nitrogens with one attached hydrogen (secondary N) is 1. The maximum atomic E-state index is 10.8. The molecule has 0 spiro atoms. The highest BCUT2D eigenvalue weighted by atomic mass is 16.1. The van der Waals surface area contributed by atoms with E-state index >= 15 is 0 Å². The lowest BCUT2D eigenvalue weighted by Gasteiger charge is -1.99. The van der Waals surface area contributed by atoms with E-state index in [1.807, 2.05) is 25.1 Å². The number of nitrogens with zero attached hydrogens (tertiary/aromatic N) is 1. The normalized spacial score (nSPS) is 12.7. The summed E-state index contributed by atoms with van der Waals surface area (Å²) in [6, 6.07) is 1.88. The van der Waals surface area contributed by atoms with Crippen LogP contribution in [0, 0.1) is 0 Å². The lowest BCUT2D eigenvalue weighted by molar-refractivity contribution is -0.118. The van der Waals surface area contributed by atoms with Crippen molar-refractivity contribution in [1.29, 1.82) is 0 Å². The average molecular weight is 202 g/mol. The number of aromatic nitrogens is 1. The Morgan fingerprint density at radius 3 is 2.87 bits per heavy atom. The molecule has 0 radical (unpaired) electrons. The van der Waals surface area contributed by atoms with Gasteiger partial charge in [0.05, 0.1) is 0 Å². The molecule has 0 aliphatic carbocycles. The molecular weight excluding hydrogens is 188 g/mol. The molecule has 0 aliphatic heterocycles. The summed E-state index contributed by atoms with van der Waals surface area (Å²) in [6.07, 6.45) is 7.26. The van der Waals surface area contributed by atoms with Crippen molar-refractivity contribution < 1.29 is 4.79 Å². The van der Waals surface area contributed by atoms with Gasteiger partial charge in [-0.3, -0.25) is 9.78 Å². The third kappa shape index (κ3) is 3.38. The summed E-state index contributed by atoms with van der Waals surface area (Å²) in [4.78, 5) is 14.8. The minimum absolute atomic E-state index is 0.118. The van der Waals surface area contributed by atoms with Gasteiger partial charge in [-0.25, -0.2) is 0 Å². The maximum absolute atomic E-state index is 10.8. The number of carbonyl (C=O) groups excluding carboxylic acids is 1. The first-order valence-electron chi connectivity index (χ1n) is 4.68. The first kappa shape index (κ1) is 11.2. The van der Waals surface area contributed by atoms with Crippen LogP contribution in [0.3, 0.4) is 0 Å². The molecule has 15 heavy (non-hydrogen) atoms. The van der Waals surface area contributed by atoms with E-state index in [1.54, 1.807) is 12.4 Å². The number of amides is 1. The Balaban J connectivity index is 3.11. The molecule has 0 bridgehead atoms. The number of carbonyl (C=O) groups is 1. The molecule has 0 unspecified atom stereocenters. The summed E-state index contributed by atoms with van der Waals surface area (Å²) in [6.45, 7) is 7.14. The topological polar surface area (TPSA) is 42.0 Å². The number of hydrogen-bond acceptors (Lipinski definition) is 2. The number of pyridine rings is 1. The van der Waals surface area contributed by atoms with E-state index in [-0.39, 0.29) is 5.91 Å². The van der Waals surface area contributed by atoms with Crippen molar-refractivity contribution in [3.8, 4) is 0 Å². The van der Waals surface area contributed by atoms with Crippen LogP contribution in [0.25, 0.3) is 12.2 Å². The summed E-state index contributed by atoms with van der Waals surface area (Å²) in [5.41, 5.74) is 0.580. The van der Waals surface area contributed by atoms with E-state index in [9.17, 15) is 4.79 Å². The minimum atomic E-state index is -0.118. The number of hydrogen-bond donors (Lipinski definition) is 1. The average Bonchev–Trinajstić information content (AvgIpc) is 2.17. The van der Waals surface area contributed by atoms with Crippen LogP contribution in [0.1, 0.15) is 13.8 Å². The Morgan fingerprint density at radius 1 is 1.53 bits per heavy atom. The Bertz CT molecular complexity index is 489. The molecule has 0 saturated carbocycles. The van der Waals surface area contributed by atoms with Crippen LogP contribution in [0.2, 0.25) is 0 Å². The van der Waals surface area contributed by atoms with Crippen LogP contribution in [-0.2, 0) is 4.79 Å². The first-order valence-corrected chi connectivity index (χ1v) is 4.68. The van der Waals surface area contributed by atoms with E-state index in [1.165, 1.54) is 6.92 Å². The monoisotopic (exact) mass is 202 g/mol. The Kier molecular flexibility index (Phi) is 3.80. The van der Waals surface area contributed by atoms with Gasteiger partial charge in [-0.1, -0.05) is 12.7 Å². The van der Waals surface area contributed by atoms with E-state index in [0.717, 1.165) is 10.4 Å². The standard InChI is InChI=1S/C12H14N2O/c1-4-11-8-13-6-5-12(11)7-9(2)14-10(3)15/h4-8H,2H2,1,3H3,(H,14,15)/b11-4-,12-7-. The fourth-order valence-corrected chi connectivity index (χ4v) is 1.24. The fourth-order valence-electron chi connectivity index (χ4n) is 1.24. The van der Waals surface area contributed by atoms with Gasteiger partial charge in [0, 0.05) is 25.0 Å². The second kappa shape index (κ2) is 5.10. The molecule has 1 rings (SSSR count). The third-order valence-corrected chi connectivity index (χ3v) is 1.86. The molecule has 0 saturated heterocycles. The van der Waals surface area contributed by atoms with Crippen LogP contribution >= 0.6 is 0 Å². The summed E-state index contributed by atoms with van der Waals surface area (Å²) >= 11 is 0. The quantitative estimate of drug-likeness (QED) is 0.750. The summed E-state index contributed by atoms with van der Waals surface area (Å²) in [7, 11) is 0. The van der Waals surface area contributed by atoms with Crippen LogP contribution in [0.4, 0.5) is 0 Å². The molecule has 0 aliphatic rings. The van der Waals surface area contributed by atoms with Gasteiger partial charge >= 0.3 is 0 Å². The first-order chi connectivity index (χ1) is 7.13. The van der Waals surface area contributed by atoms with Crippen molar-refractivity contribution in [2.45, 2.75) is 13.8 Å². The van der Waals surface area contributed by atoms with Gasteiger partial charge in [0.1, 0.15) is 0 Å². The SMILES string of the molecule is C=C(/C=c1/ccnc/c1=C/C)NC(C)=O. The molecule has 1 aromatic rings. The van der Waals surface area contributed by atoms with Gasteiger partial charge < -0.3 is 5.32 Å². The van der Waals surface area contributed by atoms with Gasteiger partial charge in [0.15, 0.2) is 0 Å². The number of rotatable bonds is 2. The highest BCUT2D eigenvalue weighted by Gasteiger charge is 1.92. The van der Waals surface area contributed by atoms with Gasteiger partial charge in [-0.05, 0) is 29.5 Å². The predicted molar refractivity (Wildman–Crippen MR) is 61.0 cm³/mol. The Morgan fingerprint density at radius 2 is 2.27 bits per heavy atom. The van der Waals surface area contributed by atoms with E-state index in [4.69, 9.17) is 0 Å². The molecule has 0 aromatic carbocycles. The van der Waals surface area contributed by atoms with E-state index < -0.39 is 0 Å². The minimum Gasteiger partial charge on any atom is -0.327 e. The highest BCUT2D eigenvalue weighted by molar-refractivity contribution is 5.77. The van der Waals surface area contributed by atoms with Crippen LogP contribution < -0.4 is 15.8 Å². The predicted octanol–water partition coefficient (Wildman–Crippen LogP) is 0.312. The molecule has 1 amide bonds. The van der Waals surface area contributed by atoms with Crippen LogP contribution in [-0.4, -0.2) is 10.9 Å². The molecule has 1 N–H and O–H groups in total. The van der Waals surface area contributed by atoms with E-state index in [0.29, 0.717) is 5.70 Å². The van der Waals surface area contributed by atoms with Crippen molar-refractivity contribution in [2.24, 2.45) is 0 Å². The van der Waals surface area contributed by atoms with Crippen molar-refractivity contribution in [2.75, 3.05) is 0 Å². The molecular formula is C12H14N2O. The molecule has 1 aromatic heterocycles. The van der Waals surface area contributed by atoms with Crippen molar-refractivity contribution >= 4 is 18.1 Å². The summed E-state index contributed by atoms with van der Waals surface area (Å²) in [5, 5.41) is 4.63. The highest BCUT2D eigenvalue weighted by Crippen LogP contribution is 1.84. The van der Waals surface area contributed by atoms with Gasteiger partial charge in [0.2, 0.25) is 5.91 Å². The Labute approximate surface area is 88.8 Å². The zero-order valence-corrected chi connectivity index (χ0v) is 8.95. The third-order valence-electron chi connectivity index (χ3n) is 1.86. The van der Waals surface area contributed by atoms with Crippen molar-refractivity contribution in [1.82, 2.24) is 10.3 Å². The smallest absolute Gasteiger partial charge is 0.221 e. The molecule has 78 valence electrons. The van der Waals surface area contributed by atoms with Gasteiger partial charge in [0.25, 0.3) is 0 Å². The molecule has 0 fully saturated rings. The second-order valence-electron chi connectivity index (χ2n) is 3.14. The van der Waals surface area contributed by atoms with Crippen LogP contribution in [0.15, 0.2) is 30.7 Å². The summed E-state index contributed by atoms with van der Waals surface area (Å²) < 4.78 is 0. The number of allylic oxidation sites excluding steroid dienone is 1. The lowest BCUT2D eigenvalue weighted by atomic mass is 10.2. The zero-order chi connectivity index (χ0) is 11.3. The second-order valence-corrected chi connectivity index (χ2v) is 3.14. The maximum Gasteiger partial charge on any atom is 0.221 e. The molecule has 1 heterocycles. The Hall–Kier alpha value is -1.90. The largest absolute Gasteiger partial charge is 0.327 e. The summed E-state index contributed by atoms with van der Waals surface area (Å²) in [5.74, 6) is -0.118. The van der Waals surface area contributed by atoms with Crippen LogP contribution in [0.5, 0.6) is 0 Å². The zero-order valence-electron chi connectivity index (χ0n) is 8.95. The van der Waals surface area contributed by atoms with Gasteiger partial charge in [-0.2, -0.15) is 0 Å². The molecule has 3 nitrogen and oxygen atoms in total. The van der Waals surface area contributed by atoms with Crippen molar-refractivity contribution in [3.05, 3.63) is 41.2 Å². The fraction of sp³-hybridized carbons (Fsp3) is 0.167. The van der Waals surface area contributed by atoms with Gasteiger partial charge in [-0.15, -0.1) is 0 Å². The molecule has 0 atom stereocenters. The van der Waals surface area contributed by atoms with E-state index in [2.05, 4.69) is 16.9 Å². The van der Waals surface area contributed by atoms with Crippen molar-refractivity contribution in [3.63, 3.8) is 0 Å². The lowest BCUT2D eigenvalue weighted by Crippen LogP contribution is -2.26.